The quantitative estimate of drug-likeness (QED) is 0.838. The van der Waals surface area contributed by atoms with Crippen LogP contribution in [0.4, 0.5) is 0 Å². The standard InChI is InChI=1S/C14H18BrN3OS/c1-16-10-6-4-2-3-5-9(10)14-17-13(18-19-14)11-7-8-12(15)20-11/h7-10,16H,2-6H2,1H3. The van der Waals surface area contributed by atoms with Crippen molar-refractivity contribution >= 4 is 27.3 Å². The first kappa shape index (κ1) is 14.2. The molecule has 0 saturated heterocycles. The summed E-state index contributed by atoms with van der Waals surface area (Å²) in [6.45, 7) is 0. The molecule has 2 atom stereocenters. The zero-order valence-corrected chi connectivity index (χ0v) is 13.8. The number of hydrogen-bond donors (Lipinski definition) is 1. The van der Waals surface area contributed by atoms with Crippen LogP contribution >= 0.6 is 27.3 Å². The minimum absolute atomic E-state index is 0.340. The van der Waals surface area contributed by atoms with E-state index < -0.39 is 0 Å². The third-order valence-corrected chi connectivity index (χ3v) is 5.56. The predicted octanol–water partition coefficient (Wildman–Crippen LogP) is 4.20. The molecule has 0 bridgehead atoms. The fourth-order valence-corrected chi connectivity index (χ4v) is 4.18. The first-order valence-electron chi connectivity index (χ1n) is 7.04. The third kappa shape index (κ3) is 2.97. The van der Waals surface area contributed by atoms with Crippen molar-refractivity contribution in [1.82, 2.24) is 15.5 Å². The summed E-state index contributed by atoms with van der Waals surface area (Å²) in [6.07, 6.45) is 6.13. The van der Waals surface area contributed by atoms with Crippen molar-refractivity contribution in [2.24, 2.45) is 0 Å². The van der Waals surface area contributed by atoms with E-state index in [1.807, 2.05) is 19.2 Å². The summed E-state index contributed by atoms with van der Waals surface area (Å²) in [6, 6.07) is 4.48. The highest BCUT2D eigenvalue weighted by atomic mass is 79.9. The summed E-state index contributed by atoms with van der Waals surface area (Å²) in [5.74, 6) is 1.83. The van der Waals surface area contributed by atoms with Crippen molar-refractivity contribution in [3.63, 3.8) is 0 Å². The Morgan fingerprint density at radius 1 is 1.30 bits per heavy atom. The van der Waals surface area contributed by atoms with Gasteiger partial charge in [-0.1, -0.05) is 24.4 Å². The highest BCUT2D eigenvalue weighted by molar-refractivity contribution is 9.11. The molecule has 0 spiro atoms. The maximum Gasteiger partial charge on any atom is 0.231 e. The third-order valence-electron chi connectivity index (χ3n) is 3.94. The van der Waals surface area contributed by atoms with Crippen molar-refractivity contribution in [3.8, 4) is 10.7 Å². The molecular weight excluding hydrogens is 338 g/mol. The van der Waals surface area contributed by atoms with Gasteiger partial charge in [-0.15, -0.1) is 11.3 Å². The van der Waals surface area contributed by atoms with E-state index in [0.29, 0.717) is 17.8 Å². The molecule has 2 unspecified atom stereocenters. The normalized spacial score (nSPS) is 23.7. The van der Waals surface area contributed by atoms with Gasteiger partial charge in [0.1, 0.15) is 0 Å². The molecule has 108 valence electrons. The Balaban J connectivity index is 1.84. The SMILES string of the molecule is CNC1CCCCCC1c1nc(-c2ccc(Br)s2)no1. The van der Waals surface area contributed by atoms with E-state index in [-0.39, 0.29) is 0 Å². The Morgan fingerprint density at radius 3 is 2.90 bits per heavy atom. The number of aromatic nitrogens is 2. The largest absolute Gasteiger partial charge is 0.339 e. The molecular formula is C14H18BrN3OS. The van der Waals surface area contributed by atoms with Crippen molar-refractivity contribution in [2.45, 2.75) is 44.1 Å². The molecule has 0 aromatic carbocycles. The Morgan fingerprint density at radius 2 is 2.15 bits per heavy atom. The van der Waals surface area contributed by atoms with Crippen molar-refractivity contribution in [1.29, 1.82) is 0 Å². The molecule has 4 nitrogen and oxygen atoms in total. The molecule has 1 N–H and O–H groups in total. The minimum atomic E-state index is 0.340. The van der Waals surface area contributed by atoms with Crippen LogP contribution in [-0.4, -0.2) is 23.2 Å². The number of nitrogens with one attached hydrogen (secondary N) is 1. The van der Waals surface area contributed by atoms with E-state index in [1.165, 1.54) is 25.7 Å². The molecule has 2 heterocycles. The van der Waals surface area contributed by atoms with Crippen LogP contribution in [0.5, 0.6) is 0 Å². The number of thiophene rings is 1. The van der Waals surface area contributed by atoms with Gasteiger partial charge in [-0.2, -0.15) is 4.98 Å². The topological polar surface area (TPSA) is 51.0 Å². The lowest BCUT2D eigenvalue weighted by molar-refractivity contribution is 0.311. The minimum Gasteiger partial charge on any atom is -0.339 e. The van der Waals surface area contributed by atoms with Crippen LogP contribution in [0, 0.1) is 0 Å². The zero-order chi connectivity index (χ0) is 13.9. The molecule has 0 radical (unpaired) electrons. The van der Waals surface area contributed by atoms with Crippen molar-refractivity contribution < 1.29 is 4.52 Å². The lowest BCUT2D eigenvalue weighted by atomic mass is 9.95. The lowest BCUT2D eigenvalue weighted by Crippen LogP contribution is -2.31. The summed E-state index contributed by atoms with van der Waals surface area (Å²) in [4.78, 5) is 5.67. The highest BCUT2D eigenvalue weighted by Crippen LogP contribution is 2.34. The summed E-state index contributed by atoms with van der Waals surface area (Å²) < 4.78 is 6.63. The molecule has 0 aliphatic heterocycles. The van der Waals surface area contributed by atoms with Gasteiger partial charge in [0.2, 0.25) is 11.7 Å². The van der Waals surface area contributed by atoms with Gasteiger partial charge in [0.15, 0.2) is 0 Å². The Bertz CT molecular complexity index is 568. The average Bonchev–Trinajstić information content (AvgIpc) is 3.02. The van der Waals surface area contributed by atoms with Crippen LogP contribution in [0.1, 0.15) is 43.9 Å². The van der Waals surface area contributed by atoms with Gasteiger partial charge >= 0.3 is 0 Å². The van der Waals surface area contributed by atoms with Gasteiger partial charge in [0, 0.05) is 6.04 Å². The van der Waals surface area contributed by atoms with Crippen LogP contribution in [0.3, 0.4) is 0 Å². The molecule has 6 heteroatoms. The number of nitrogens with zero attached hydrogens (tertiary/aromatic N) is 2. The summed E-state index contributed by atoms with van der Waals surface area (Å²) in [5.41, 5.74) is 0. The molecule has 3 rings (SSSR count). The summed E-state index contributed by atoms with van der Waals surface area (Å²) in [5, 5.41) is 7.56. The molecule has 1 aliphatic carbocycles. The second-order valence-corrected chi connectivity index (χ2v) is 7.66. The highest BCUT2D eigenvalue weighted by Gasteiger charge is 2.29. The number of likely N-dealkylation sites (N-methyl/N-ethyl adjacent to an activating group) is 1. The maximum absolute atomic E-state index is 5.55. The van der Waals surface area contributed by atoms with Gasteiger partial charge in [-0.3, -0.25) is 0 Å². The first-order valence-corrected chi connectivity index (χ1v) is 8.65. The van der Waals surface area contributed by atoms with E-state index in [4.69, 9.17) is 4.52 Å². The van der Waals surface area contributed by atoms with Crippen LogP contribution in [-0.2, 0) is 0 Å². The van der Waals surface area contributed by atoms with E-state index >= 15 is 0 Å². The van der Waals surface area contributed by atoms with Crippen LogP contribution < -0.4 is 5.32 Å². The molecule has 2 aromatic heterocycles. The van der Waals surface area contributed by atoms with Crippen molar-refractivity contribution in [3.05, 3.63) is 21.8 Å². The van der Waals surface area contributed by atoms with Crippen LogP contribution in [0.25, 0.3) is 10.7 Å². The monoisotopic (exact) mass is 355 g/mol. The van der Waals surface area contributed by atoms with Crippen LogP contribution in [0.2, 0.25) is 0 Å². The smallest absolute Gasteiger partial charge is 0.231 e. The Labute approximate surface area is 131 Å². The van der Waals surface area contributed by atoms with Gasteiger partial charge in [-0.05, 0) is 48.0 Å². The van der Waals surface area contributed by atoms with E-state index in [1.54, 1.807) is 11.3 Å². The number of rotatable bonds is 3. The maximum atomic E-state index is 5.55. The van der Waals surface area contributed by atoms with E-state index in [0.717, 1.165) is 21.0 Å². The fraction of sp³-hybridized carbons (Fsp3) is 0.571. The first-order chi connectivity index (χ1) is 9.78. The lowest BCUT2D eigenvalue weighted by Gasteiger charge is -2.20. The molecule has 1 fully saturated rings. The van der Waals surface area contributed by atoms with E-state index in [9.17, 15) is 0 Å². The molecule has 0 amide bonds. The molecule has 2 aromatic rings. The predicted molar refractivity (Wildman–Crippen MR) is 84.0 cm³/mol. The molecule has 1 aliphatic rings. The van der Waals surface area contributed by atoms with Gasteiger partial charge < -0.3 is 9.84 Å². The molecule has 1 saturated carbocycles. The van der Waals surface area contributed by atoms with Crippen molar-refractivity contribution in [2.75, 3.05) is 7.05 Å². The fourth-order valence-electron chi connectivity index (χ4n) is 2.87. The van der Waals surface area contributed by atoms with Gasteiger partial charge in [-0.25, -0.2) is 0 Å². The van der Waals surface area contributed by atoms with Crippen LogP contribution in [0.15, 0.2) is 20.4 Å². The second-order valence-electron chi connectivity index (χ2n) is 5.20. The number of hydrogen-bond acceptors (Lipinski definition) is 5. The Kier molecular flexibility index (Phi) is 4.53. The number of halogens is 1. The average molecular weight is 356 g/mol. The second kappa shape index (κ2) is 6.37. The summed E-state index contributed by atoms with van der Waals surface area (Å²) in [7, 11) is 2.02. The zero-order valence-electron chi connectivity index (χ0n) is 11.4. The summed E-state index contributed by atoms with van der Waals surface area (Å²) >= 11 is 5.09. The Hall–Kier alpha value is -0.720. The van der Waals surface area contributed by atoms with E-state index in [2.05, 4.69) is 31.4 Å². The molecule has 20 heavy (non-hydrogen) atoms. The van der Waals surface area contributed by atoms with Gasteiger partial charge in [0.05, 0.1) is 14.6 Å². The van der Waals surface area contributed by atoms with Gasteiger partial charge in [0.25, 0.3) is 0 Å².